The van der Waals surface area contributed by atoms with Gasteiger partial charge in [-0.25, -0.2) is 0 Å². The highest BCUT2D eigenvalue weighted by atomic mass is 32.2. The summed E-state index contributed by atoms with van der Waals surface area (Å²) in [7, 11) is -3.25. The highest BCUT2D eigenvalue weighted by Crippen LogP contribution is 2.35. The summed E-state index contributed by atoms with van der Waals surface area (Å²) in [5, 5.41) is 0. The minimum absolute atomic E-state index is 0.318. The van der Waals surface area contributed by atoms with Crippen LogP contribution in [-0.4, -0.2) is 49.8 Å². The van der Waals surface area contributed by atoms with Crippen LogP contribution in [0.3, 0.4) is 0 Å². The summed E-state index contributed by atoms with van der Waals surface area (Å²) in [5.74, 6) is 0.492. The summed E-state index contributed by atoms with van der Waals surface area (Å²) in [6.07, 6.45) is 4.87. The number of rotatable bonds is 4. The van der Waals surface area contributed by atoms with E-state index in [9.17, 15) is 8.42 Å². The van der Waals surface area contributed by atoms with Gasteiger partial charge >= 0.3 is 0 Å². The third-order valence-corrected chi connectivity index (χ3v) is 7.38. The molecule has 2 N–H and O–H groups in total. The predicted octanol–water partition coefficient (Wildman–Crippen LogP) is 1.41. The van der Waals surface area contributed by atoms with Gasteiger partial charge in [0.15, 0.2) is 0 Å². The highest BCUT2D eigenvalue weighted by molar-refractivity contribution is 7.86. The molecule has 0 aliphatic carbocycles. The molecule has 5 nitrogen and oxygen atoms in total. The van der Waals surface area contributed by atoms with Crippen molar-refractivity contribution in [1.29, 1.82) is 0 Å². The summed E-state index contributed by atoms with van der Waals surface area (Å²) in [5.41, 5.74) is 5.99. The van der Waals surface area contributed by atoms with Gasteiger partial charge < -0.3 is 5.73 Å². The zero-order chi connectivity index (χ0) is 14.8. The molecule has 0 aromatic rings. The molecular weight excluding hydrogens is 274 g/mol. The third-order valence-electron chi connectivity index (χ3n) is 5.34. The molecule has 2 aliphatic rings. The van der Waals surface area contributed by atoms with Crippen molar-refractivity contribution in [3.63, 3.8) is 0 Å². The first-order valence-electron chi connectivity index (χ1n) is 7.86. The summed E-state index contributed by atoms with van der Waals surface area (Å²) < 4.78 is 28.7. The summed E-state index contributed by atoms with van der Waals surface area (Å²) in [6, 6.07) is 0. The lowest BCUT2D eigenvalue weighted by atomic mass is 9.79. The molecule has 0 aromatic heterocycles. The van der Waals surface area contributed by atoms with Crippen molar-refractivity contribution in [3.8, 4) is 0 Å². The first-order valence-corrected chi connectivity index (χ1v) is 9.26. The molecular formula is C14H29N3O2S. The van der Waals surface area contributed by atoms with Crippen LogP contribution in [0.15, 0.2) is 0 Å². The second-order valence-corrected chi connectivity index (χ2v) is 8.58. The Morgan fingerprint density at radius 1 is 1.10 bits per heavy atom. The van der Waals surface area contributed by atoms with Crippen molar-refractivity contribution in [2.45, 2.75) is 46.0 Å². The van der Waals surface area contributed by atoms with Gasteiger partial charge in [-0.1, -0.05) is 20.3 Å². The van der Waals surface area contributed by atoms with Crippen molar-refractivity contribution in [1.82, 2.24) is 8.61 Å². The number of hydrogen-bond acceptors (Lipinski definition) is 3. The van der Waals surface area contributed by atoms with Gasteiger partial charge in [0.2, 0.25) is 0 Å². The zero-order valence-electron chi connectivity index (χ0n) is 12.8. The minimum atomic E-state index is -3.25. The lowest BCUT2D eigenvalue weighted by Crippen LogP contribution is -2.51. The second-order valence-electron chi connectivity index (χ2n) is 6.65. The molecule has 0 radical (unpaired) electrons. The van der Waals surface area contributed by atoms with Crippen LogP contribution >= 0.6 is 0 Å². The molecule has 0 atom stereocenters. The van der Waals surface area contributed by atoms with E-state index in [0.717, 1.165) is 32.1 Å². The van der Waals surface area contributed by atoms with Gasteiger partial charge in [0.05, 0.1) is 0 Å². The largest absolute Gasteiger partial charge is 0.330 e. The SMILES string of the molecule is CCC1(C)CCN(S(=O)(=O)N2CCC(CN)CC2)CC1. The van der Waals surface area contributed by atoms with Gasteiger partial charge in [-0.2, -0.15) is 17.0 Å². The Labute approximate surface area is 123 Å². The van der Waals surface area contributed by atoms with E-state index in [0.29, 0.717) is 44.1 Å². The molecule has 6 heteroatoms. The van der Waals surface area contributed by atoms with Crippen molar-refractivity contribution < 1.29 is 8.42 Å². The van der Waals surface area contributed by atoms with Crippen LogP contribution in [0.2, 0.25) is 0 Å². The molecule has 2 fully saturated rings. The Morgan fingerprint density at radius 2 is 1.60 bits per heavy atom. The minimum Gasteiger partial charge on any atom is -0.330 e. The van der Waals surface area contributed by atoms with Gasteiger partial charge in [-0.3, -0.25) is 0 Å². The van der Waals surface area contributed by atoms with Crippen molar-refractivity contribution >= 4 is 10.2 Å². The van der Waals surface area contributed by atoms with E-state index in [1.54, 1.807) is 8.61 Å². The topological polar surface area (TPSA) is 66.6 Å². The molecule has 0 spiro atoms. The van der Waals surface area contributed by atoms with Crippen LogP contribution in [-0.2, 0) is 10.2 Å². The fourth-order valence-corrected chi connectivity index (χ4v) is 4.79. The molecule has 2 aliphatic heterocycles. The summed E-state index contributed by atoms with van der Waals surface area (Å²) in [6.45, 7) is 7.74. The number of hydrogen-bond donors (Lipinski definition) is 1. The summed E-state index contributed by atoms with van der Waals surface area (Å²) >= 11 is 0. The van der Waals surface area contributed by atoms with Gasteiger partial charge in [0.25, 0.3) is 10.2 Å². The van der Waals surface area contributed by atoms with E-state index in [-0.39, 0.29) is 0 Å². The number of nitrogens with two attached hydrogens (primary N) is 1. The molecule has 0 amide bonds. The molecule has 0 saturated carbocycles. The maximum Gasteiger partial charge on any atom is 0.281 e. The lowest BCUT2D eigenvalue weighted by Gasteiger charge is -2.41. The number of nitrogens with zero attached hydrogens (tertiary/aromatic N) is 2. The van der Waals surface area contributed by atoms with Gasteiger partial charge in [-0.15, -0.1) is 0 Å². The van der Waals surface area contributed by atoms with E-state index in [1.165, 1.54) is 0 Å². The molecule has 2 rings (SSSR count). The molecule has 2 saturated heterocycles. The molecule has 0 aromatic carbocycles. The Hall–Kier alpha value is -0.170. The quantitative estimate of drug-likeness (QED) is 0.854. The van der Waals surface area contributed by atoms with Crippen LogP contribution in [0.1, 0.15) is 46.0 Å². The Bertz CT molecular complexity index is 408. The van der Waals surface area contributed by atoms with Crippen LogP contribution in [0.5, 0.6) is 0 Å². The van der Waals surface area contributed by atoms with E-state index < -0.39 is 10.2 Å². The van der Waals surface area contributed by atoms with Crippen molar-refractivity contribution in [3.05, 3.63) is 0 Å². The number of piperidine rings is 2. The maximum atomic E-state index is 12.7. The Morgan fingerprint density at radius 3 is 2.05 bits per heavy atom. The zero-order valence-corrected chi connectivity index (χ0v) is 13.7. The predicted molar refractivity (Wildman–Crippen MR) is 81.5 cm³/mol. The first-order chi connectivity index (χ1) is 9.41. The molecule has 0 unspecified atom stereocenters. The van der Waals surface area contributed by atoms with Crippen LogP contribution in [0.25, 0.3) is 0 Å². The Balaban J connectivity index is 1.95. The Kier molecular flexibility index (Phi) is 5.10. The van der Waals surface area contributed by atoms with Crippen LogP contribution < -0.4 is 5.73 Å². The van der Waals surface area contributed by atoms with Crippen molar-refractivity contribution in [2.75, 3.05) is 32.7 Å². The van der Waals surface area contributed by atoms with Crippen LogP contribution in [0, 0.1) is 11.3 Å². The normalized spacial score (nSPS) is 26.8. The van der Waals surface area contributed by atoms with E-state index in [2.05, 4.69) is 13.8 Å². The molecule has 20 heavy (non-hydrogen) atoms. The summed E-state index contributed by atoms with van der Waals surface area (Å²) in [4.78, 5) is 0. The second kappa shape index (κ2) is 6.30. The average Bonchev–Trinajstić information content (AvgIpc) is 2.48. The van der Waals surface area contributed by atoms with Crippen LogP contribution in [0.4, 0.5) is 0 Å². The highest BCUT2D eigenvalue weighted by Gasteiger charge is 2.37. The van der Waals surface area contributed by atoms with Gasteiger partial charge in [-0.05, 0) is 43.6 Å². The lowest BCUT2D eigenvalue weighted by molar-refractivity contribution is 0.158. The third kappa shape index (κ3) is 3.35. The molecule has 0 bridgehead atoms. The van der Waals surface area contributed by atoms with Gasteiger partial charge in [0.1, 0.15) is 0 Å². The fourth-order valence-electron chi connectivity index (χ4n) is 3.15. The van der Waals surface area contributed by atoms with E-state index in [1.807, 2.05) is 0 Å². The smallest absolute Gasteiger partial charge is 0.281 e. The fraction of sp³-hybridized carbons (Fsp3) is 1.00. The van der Waals surface area contributed by atoms with Crippen molar-refractivity contribution in [2.24, 2.45) is 17.1 Å². The van der Waals surface area contributed by atoms with E-state index in [4.69, 9.17) is 5.73 Å². The maximum absolute atomic E-state index is 12.7. The molecule has 118 valence electrons. The standard InChI is InChI=1S/C14H29N3O2S/c1-3-14(2)6-10-17(11-7-14)20(18,19)16-8-4-13(12-15)5-9-16/h13H,3-12,15H2,1-2H3. The first kappa shape index (κ1) is 16.2. The van der Waals surface area contributed by atoms with Gasteiger partial charge in [0, 0.05) is 26.2 Å². The monoisotopic (exact) mass is 303 g/mol. The van der Waals surface area contributed by atoms with E-state index >= 15 is 0 Å². The average molecular weight is 303 g/mol. The molecule has 2 heterocycles.